The number of nitrogens with one attached hydrogen (secondary N) is 1. The highest BCUT2D eigenvalue weighted by atomic mass is 16.5. The quantitative estimate of drug-likeness (QED) is 0.863. The third-order valence-electron chi connectivity index (χ3n) is 4.27. The fourth-order valence-electron chi connectivity index (χ4n) is 2.98. The normalized spacial score (nSPS) is 20.1. The lowest BCUT2D eigenvalue weighted by molar-refractivity contribution is 0.0888. The van der Waals surface area contributed by atoms with Gasteiger partial charge >= 0.3 is 0 Å². The molecule has 0 spiro atoms. The SMILES string of the molecule is CCn1cc(O[C@@H]2CCC[C@@H]2NC(=O)c2cc(OC)n(C)n2)cn1. The molecule has 0 bridgehead atoms. The molecule has 0 aliphatic heterocycles. The molecule has 2 atom stereocenters. The minimum atomic E-state index is -0.210. The molecule has 1 aliphatic rings. The van der Waals surface area contributed by atoms with Gasteiger partial charge in [-0.1, -0.05) is 0 Å². The standard InChI is InChI=1S/C16H23N5O3/c1-4-21-10-11(9-17-21)24-14-7-5-6-12(14)18-16(22)13-8-15(23-3)20(2)19-13/h8-10,12,14H,4-7H2,1-3H3,(H,18,22)/t12-,14+/m0/s1. The molecule has 0 unspecified atom stereocenters. The minimum absolute atomic E-state index is 0.0320. The van der Waals surface area contributed by atoms with Crippen molar-refractivity contribution in [2.24, 2.45) is 7.05 Å². The van der Waals surface area contributed by atoms with E-state index in [1.54, 1.807) is 26.4 Å². The van der Waals surface area contributed by atoms with Crippen LogP contribution in [-0.4, -0.2) is 44.7 Å². The van der Waals surface area contributed by atoms with Gasteiger partial charge < -0.3 is 14.8 Å². The van der Waals surface area contributed by atoms with Crippen LogP contribution in [0.1, 0.15) is 36.7 Å². The third kappa shape index (κ3) is 3.37. The van der Waals surface area contributed by atoms with Crippen LogP contribution in [0.5, 0.6) is 11.6 Å². The number of amides is 1. The Morgan fingerprint density at radius 3 is 2.96 bits per heavy atom. The van der Waals surface area contributed by atoms with E-state index in [0.717, 1.165) is 31.6 Å². The predicted octanol–water partition coefficient (Wildman–Crippen LogP) is 1.37. The smallest absolute Gasteiger partial charge is 0.272 e. The highest BCUT2D eigenvalue weighted by Gasteiger charge is 2.31. The number of aromatic nitrogens is 4. The van der Waals surface area contributed by atoms with Gasteiger partial charge in [-0.3, -0.25) is 9.48 Å². The molecule has 1 saturated carbocycles. The van der Waals surface area contributed by atoms with Crippen molar-refractivity contribution in [1.29, 1.82) is 0 Å². The Morgan fingerprint density at radius 1 is 1.46 bits per heavy atom. The Labute approximate surface area is 140 Å². The van der Waals surface area contributed by atoms with Crippen LogP contribution in [0.2, 0.25) is 0 Å². The summed E-state index contributed by atoms with van der Waals surface area (Å²) in [7, 11) is 3.29. The van der Waals surface area contributed by atoms with Gasteiger partial charge in [-0.15, -0.1) is 0 Å². The average Bonchev–Trinajstić information content (AvgIpc) is 3.28. The maximum atomic E-state index is 12.4. The Balaban J connectivity index is 1.63. The van der Waals surface area contributed by atoms with Gasteiger partial charge in [0, 0.05) is 19.7 Å². The van der Waals surface area contributed by atoms with Crippen molar-refractivity contribution in [2.45, 2.75) is 44.9 Å². The van der Waals surface area contributed by atoms with E-state index in [-0.39, 0.29) is 18.1 Å². The molecule has 1 N–H and O–H groups in total. The van der Waals surface area contributed by atoms with E-state index in [1.165, 1.54) is 4.68 Å². The van der Waals surface area contributed by atoms with Gasteiger partial charge in [-0.25, -0.2) is 4.68 Å². The van der Waals surface area contributed by atoms with Crippen molar-refractivity contribution in [1.82, 2.24) is 24.9 Å². The van der Waals surface area contributed by atoms with Gasteiger partial charge in [-0.05, 0) is 26.2 Å². The number of rotatable bonds is 6. The van der Waals surface area contributed by atoms with Gasteiger partial charge in [0.25, 0.3) is 5.91 Å². The fraction of sp³-hybridized carbons (Fsp3) is 0.562. The average molecular weight is 333 g/mol. The molecule has 1 aliphatic carbocycles. The van der Waals surface area contributed by atoms with Crippen molar-refractivity contribution >= 4 is 5.91 Å². The van der Waals surface area contributed by atoms with E-state index in [1.807, 2.05) is 17.8 Å². The van der Waals surface area contributed by atoms with Crippen LogP contribution in [0, 0.1) is 0 Å². The number of ether oxygens (including phenoxy) is 2. The second kappa shape index (κ2) is 6.94. The van der Waals surface area contributed by atoms with Crippen molar-refractivity contribution < 1.29 is 14.3 Å². The maximum Gasteiger partial charge on any atom is 0.272 e. The Hall–Kier alpha value is -2.51. The first-order valence-corrected chi connectivity index (χ1v) is 8.18. The number of carbonyl (C=O) groups is 1. The van der Waals surface area contributed by atoms with Crippen molar-refractivity contribution in [2.75, 3.05) is 7.11 Å². The van der Waals surface area contributed by atoms with Crippen LogP contribution in [0.3, 0.4) is 0 Å². The van der Waals surface area contributed by atoms with Crippen molar-refractivity contribution in [3.05, 3.63) is 24.2 Å². The summed E-state index contributed by atoms with van der Waals surface area (Å²) in [6.45, 7) is 2.83. The lowest BCUT2D eigenvalue weighted by Crippen LogP contribution is -2.42. The molecule has 0 aromatic carbocycles. The first-order valence-electron chi connectivity index (χ1n) is 8.18. The first kappa shape index (κ1) is 16.4. The van der Waals surface area contributed by atoms with E-state index < -0.39 is 0 Å². The zero-order valence-electron chi connectivity index (χ0n) is 14.2. The highest BCUT2D eigenvalue weighted by molar-refractivity contribution is 5.92. The summed E-state index contributed by atoms with van der Waals surface area (Å²) >= 11 is 0. The van der Waals surface area contributed by atoms with E-state index in [9.17, 15) is 4.79 Å². The van der Waals surface area contributed by atoms with Crippen LogP contribution in [0.15, 0.2) is 18.5 Å². The zero-order chi connectivity index (χ0) is 17.1. The van der Waals surface area contributed by atoms with E-state index in [2.05, 4.69) is 15.5 Å². The summed E-state index contributed by atoms with van der Waals surface area (Å²) in [5.41, 5.74) is 0.346. The Bertz CT molecular complexity index is 708. The molecule has 0 radical (unpaired) electrons. The molecule has 0 saturated heterocycles. The topological polar surface area (TPSA) is 83.2 Å². The molecule has 2 aromatic heterocycles. The molecule has 2 heterocycles. The van der Waals surface area contributed by atoms with Gasteiger partial charge in [0.05, 0.1) is 25.5 Å². The molecule has 3 rings (SSSR count). The molecule has 1 amide bonds. The summed E-state index contributed by atoms with van der Waals surface area (Å²) in [5, 5.41) is 11.4. The molecule has 130 valence electrons. The largest absolute Gasteiger partial charge is 0.485 e. The molecule has 2 aromatic rings. The molecular weight excluding hydrogens is 310 g/mol. The van der Waals surface area contributed by atoms with Gasteiger partial charge in [0.1, 0.15) is 6.10 Å². The lowest BCUT2D eigenvalue weighted by Gasteiger charge is -2.21. The van der Waals surface area contributed by atoms with Gasteiger partial charge in [0.15, 0.2) is 11.4 Å². The minimum Gasteiger partial charge on any atom is -0.485 e. The monoisotopic (exact) mass is 333 g/mol. The number of hydrogen-bond donors (Lipinski definition) is 1. The van der Waals surface area contributed by atoms with Crippen LogP contribution >= 0.6 is 0 Å². The molecule has 24 heavy (non-hydrogen) atoms. The third-order valence-corrected chi connectivity index (χ3v) is 4.27. The molecule has 1 fully saturated rings. The summed E-state index contributed by atoms with van der Waals surface area (Å²) in [4.78, 5) is 12.4. The van der Waals surface area contributed by atoms with Crippen LogP contribution < -0.4 is 14.8 Å². The predicted molar refractivity (Wildman–Crippen MR) is 87.2 cm³/mol. The number of aryl methyl sites for hydroxylation is 2. The van der Waals surface area contributed by atoms with E-state index in [4.69, 9.17) is 9.47 Å². The fourth-order valence-corrected chi connectivity index (χ4v) is 2.98. The second-order valence-electron chi connectivity index (χ2n) is 5.89. The summed E-state index contributed by atoms with van der Waals surface area (Å²) in [6, 6.07) is 1.60. The van der Waals surface area contributed by atoms with Crippen LogP contribution in [0.25, 0.3) is 0 Å². The molecule has 8 nitrogen and oxygen atoms in total. The van der Waals surface area contributed by atoms with Gasteiger partial charge in [0.2, 0.25) is 5.88 Å². The van der Waals surface area contributed by atoms with Gasteiger partial charge in [-0.2, -0.15) is 10.2 Å². The van der Waals surface area contributed by atoms with E-state index >= 15 is 0 Å². The summed E-state index contributed by atoms with van der Waals surface area (Å²) in [5.74, 6) is 1.08. The van der Waals surface area contributed by atoms with Crippen molar-refractivity contribution in [3.63, 3.8) is 0 Å². The van der Waals surface area contributed by atoms with Crippen LogP contribution in [-0.2, 0) is 13.6 Å². The highest BCUT2D eigenvalue weighted by Crippen LogP contribution is 2.25. The Kier molecular flexibility index (Phi) is 4.73. The number of carbonyl (C=O) groups excluding carboxylic acids is 1. The number of methoxy groups -OCH3 is 1. The molecule has 8 heteroatoms. The molecular formula is C16H23N5O3. The van der Waals surface area contributed by atoms with E-state index in [0.29, 0.717) is 11.6 Å². The first-order chi connectivity index (χ1) is 11.6. The van der Waals surface area contributed by atoms with Crippen LogP contribution in [0.4, 0.5) is 0 Å². The van der Waals surface area contributed by atoms with Crippen molar-refractivity contribution in [3.8, 4) is 11.6 Å². The zero-order valence-corrected chi connectivity index (χ0v) is 14.2. The number of nitrogens with zero attached hydrogens (tertiary/aromatic N) is 4. The number of hydrogen-bond acceptors (Lipinski definition) is 5. The summed E-state index contributed by atoms with van der Waals surface area (Å²) in [6.07, 6.45) is 6.36. The Morgan fingerprint density at radius 2 is 2.29 bits per heavy atom. The lowest BCUT2D eigenvalue weighted by atomic mass is 10.2. The maximum absolute atomic E-state index is 12.4. The summed E-state index contributed by atoms with van der Waals surface area (Å²) < 4.78 is 14.5. The second-order valence-corrected chi connectivity index (χ2v) is 5.89.